The van der Waals surface area contributed by atoms with Gasteiger partial charge in [0.15, 0.2) is 4.80 Å². The van der Waals surface area contributed by atoms with Gasteiger partial charge in [-0.3, -0.25) is 9.36 Å². The number of methoxy groups -OCH3 is 2. The van der Waals surface area contributed by atoms with E-state index < -0.39 is 23.8 Å². The van der Waals surface area contributed by atoms with Crippen LogP contribution in [-0.2, 0) is 22.3 Å². The number of hydrogen-bond donors (Lipinski definition) is 0. The van der Waals surface area contributed by atoms with Crippen LogP contribution in [0.25, 0.3) is 6.08 Å². The third kappa shape index (κ3) is 5.68. The molecule has 0 aliphatic carbocycles. The lowest BCUT2D eigenvalue weighted by molar-refractivity contribution is -0.138. The van der Waals surface area contributed by atoms with E-state index in [1.165, 1.54) is 23.8 Å². The minimum absolute atomic E-state index is 0.0430. The molecule has 1 aliphatic rings. The molecule has 0 N–H and O–H groups in total. The molecule has 8 nitrogen and oxygen atoms in total. The van der Waals surface area contributed by atoms with Crippen molar-refractivity contribution in [2.75, 3.05) is 14.2 Å². The SMILES string of the molecule is COC(=O)C1=C(C)N=c2s/c(=C/c3ccc(COc4cccc(C(F)(F)F)c4)o3)c(=O)n2[C@@H]1c1ccc(OC)cc1. The number of aromatic nitrogens is 1. The minimum Gasteiger partial charge on any atom is -0.497 e. The molecule has 0 bridgehead atoms. The molecule has 212 valence electrons. The van der Waals surface area contributed by atoms with Crippen LogP contribution in [0.5, 0.6) is 11.5 Å². The zero-order valence-corrected chi connectivity index (χ0v) is 22.8. The molecule has 12 heteroatoms. The molecule has 2 aromatic heterocycles. The molecule has 1 atom stereocenters. The highest BCUT2D eigenvalue weighted by molar-refractivity contribution is 7.07. The van der Waals surface area contributed by atoms with Crippen LogP contribution in [-0.4, -0.2) is 24.8 Å². The highest BCUT2D eigenvalue weighted by Crippen LogP contribution is 2.32. The summed E-state index contributed by atoms with van der Waals surface area (Å²) < 4.78 is 62.1. The van der Waals surface area contributed by atoms with Crippen molar-refractivity contribution in [3.8, 4) is 11.5 Å². The Morgan fingerprint density at radius 2 is 1.85 bits per heavy atom. The van der Waals surface area contributed by atoms with Crippen LogP contribution in [0.4, 0.5) is 13.2 Å². The molecule has 41 heavy (non-hydrogen) atoms. The van der Waals surface area contributed by atoms with Crippen molar-refractivity contribution in [2.45, 2.75) is 25.7 Å². The molecule has 0 fully saturated rings. The Morgan fingerprint density at radius 1 is 1.10 bits per heavy atom. The Labute approximate surface area is 235 Å². The molecule has 0 radical (unpaired) electrons. The second-order valence-corrected chi connectivity index (χ2v) is 9.97. The van der Waals surface area contributed by atoms with E-state index in [9.17, 15) is 22.8 Å². The van der Waals surface area contributed by atoms with Crippen molar-refractivity contribution < 1.29 is 36.6 Å². The van der Waals surface area contributed by atoms with Gasteiger partial charge in [-0.2, -0.15) is 13.2 Å². The van der Waals surface area contributed by atoms with Gasteiger partial charge in [0.1, 0.15) is 29.6 Å². The summed E-state index contributed by atoms with van der Waals surface area (Å²) in [6.45, 7) is 1.57. The molecule has 3 heterocycles. The molecule has 0 saturated carbocycles. The molecular formula is C29H23F3N2O6S. The first-order valence-electron chi connectivity index (χ1n) is 12.2. The lowest BCUT2D eigenvalue weighted by Gasteiger charge is -2.24. The number of alkyl halides is 3. The summed E-state index contributed by atoms with van der Waals surface area (Å²) in [6, 6.07) is 14.0. The van der Waals surface area contributed by atoms with E-state index in [0.717, 1.165) is 23.5 Å². The summed E-state index contributed by atoms with van der Waals surface area (Å²) >= 11 is 1.13. The number of carbonyl (C=O) groups excluding carboxylic acids is 1. The van der Waals surface area contributed by atoms with Gasteiger partial charge in [0, 0.05) is 6.08 Å². The number of rotatable bonds is 7. The van der Waals surface area contributed by atoms with Crippen LogP contribution in [0, 0.1) is 0 Å². The number of halogens is 3. The maximum Gasteiger partial charge on any atom is 0.416 e. The van der Waals surface area contributed by atoms with Gasteiger partial charge in [-0.05, 0) is 55.0 Å². The predicted molar refractivity (Wildman–Crippen MR) is 143 cm³/mol. The Hall–Kier alpha value is -4.58. The number of carbonyl (C=O) groups is 1. The van der Waals surface area contributed by atoms with E-state index in [0.29, 0.717) is 37.9 Å². The van der Waals surface area contributed by atoms with Crippen LogP contribution in [0.3, 0.4) is 0 Å². The second-order valence-electron chi connectivity index (χ2n) is 8.96. The van der Waals surface area contributed by atoms with Gasteiger partial charge in [0.2, 0.25) is 0 Å². The molecule has 5 rings (SSSR count). The quantitative estimate of drug-likeness (QED) is 0.295. The van der Waals surface area contributed by atoms with Gasteiger partial charge in [0.05, 0.1) is 41.6 Å². The Balaban J connectivity index is 1.47. The second kappa shape index (κ2) is 11.1. The first-order valence-corrected chi connectivity index (χ1v) is 13.0. The predicted octanol–water partition coefficient (Wildman–Crippen LogP) is 4.61. The zero-order valence-electron chi connectivity index (χ0n) is 22.0. The number of fused-ring (bicyclic) bond motifs is 1. The minimum atomic E-state index is -4.48. The molecule has 2 aromatic carbocycles. The fraction of sp³-hybridized carbons (Fsp3) is 0.207. The number of ether oxygens (including phenoxy) is 3. The van der Waals surface area contributed by atoms with Crippen molar-refractivity contribution in [1.29, 1.82) is 0 Å². The van der Waals surface area contributed by atoms with E-state index in [2.05, 4.69) is 4.99 Å². The average Bonchev–Trinajstić information content (AvgIpc) is 3.54. The topological polar surface area (TPSA) is 92.3 Å². The lowest BCUT2D eigenvalue weighted by atomic mass is 9.96. The molecular weight excluding hydrogens is 561 g/mol. The Bertz CT molecular complexity index is 1820. The van der Waals surface area contributed by atoms with Crippen LogP contribution in [0.2, 0.25) is 0 Å². The maximum atomic E-state index is 13.6. The van der Waals surface area contributed by atoms with E-state index in [1.54, 1.807) is 56.5 Å². The fourth-order valence-corrected chi connectivity index (χ4v) is 5.42. The smallest absolute Gasteiger partial charge is 0.416 e. The van der Waals surface area contributed by atoms with Crippen molar-refractivity contribution in [2.24, 2.45) is 4.99 Å². The van der Waals surface area contributed by atoms with Gasteiger partial charge in [-0.15, -0.1) is 0 Å². The highest BCUT2D eigenvalue weighted by Gasteiger charge is 2.33. The third-order valence-corrected chi connectivity index (χ3v) is 7.34. The fourth-order valence-electron chi connectivity index (χ4n) is 4.39. The van der Waals surface area contributed by atoms with E-state index in [-0.39, 0.29) is 23.5 Å². The first kappa shape index (κ1) is 28.0. The molecule has 0 unspecified atom stereocenters. The normalized spacial score (nSPS) is 15.4. The number of allylic oxidation sites excluding steroid dienone is 1. The molecule has 0 amide bonds. The Morgan fingerprint density at radius 3 is 2.54 bits per heavy atom. The molecule has 0 spiro atoms. The zero-order chi connectivity index (χ0) is 29.3. The van der Waals surface area contributed by atoms with Crippen molar-refractivity contribution in [1.82, 2.24) is 4.57 Å². The summed E-state index contributed by atoms with van der Waals surface area (Å²) in [7, 11) is 2.81. The van der Waals surface area contributed by atoms with E-state index in [4.69, 9.17) is 18.6 Å². The van der Waals surface area contributed by atoms with E-state index in [1.807, 2.05) is 0 Å². The van der Waals surface area contributed by atoms with E-state index >= 15 is 0 Å². The van der Waals surface area contributed by atoms with Crippen LogP contribution < -0.4 is 24.4 Å². The standard InChI is InChI=1S/C29H23F3N2O6S/c1-16-24(27(36)38-3)25(17-7-9-19(37-2)10-8-17)34-26(35)23(41-28(34)33-16)14-21-11-12-22(40-21)15-39-20-6-4-5-18(13-20)29(30,31)32/h4-14,25H,15H2,1-3H3/b23-14+/t25-/m1/s1. The van der Waals surface area contributed by atoms with Gasteiger partial charge >= 0.3 is 12.1 Å². The number of benzene rings is 2. The monoisotopic (exact) mass is 584 g/mol. The van der Waals surface area contributed by atoms with Gasteiger partial charge in [-0.25, -0.2) is 9.79 Å². The number of furan rings is 1. The van der Waals surface area contributed by atoms with Crippen molar-refractivity contribution in [3.05, 3.63) is 114 Å². The summed E-state index contributed by atoms with van der Waals surface area (Å²) in [5.41, 5.74) is 0.131. The third-order valence-electron chi connectivity index (χ3n) is 6.36. The first-order chi connectivity index (χ1) is 19.6. The Kier molecular flexibility index (Phi) is 7.59. The largest absolute Gasteiger partial charge is 0.497 e. The average molecular weight is 585 g/mol. The van der Waals surface area contributed by atoms with Gasteiger partial charge in [-0.1, -0.05) is 29.5 Å². The number of hydrogen-bond acceptors (Lipinski definition) is 8. The number of nitrogens with zero attached hydrogens (tertiary/aromatic N) is 2. The highest BCUT2D eigenvalue weighted by atomic mass is 32.1. The van der Waals surface area contributed by atoms with Crippen LogP contribution >= 0.6 is 11.3 Å². The maximum absolute atomic E-state index is 13.6. The summed E-state index contributed by atoms with van der Waals surface area (Å²) in [5.74, 6) is 0.746. The van der Waals surface area contributed by atoms with Gasteiger partial charge in [0.25, 0.3) is 5.56 Å². The molecule has 4 aromatic rings. The number of thiazole rings is 1. The molecule has 0 saturated heterocycles. The summed E-state index contributed by atoms with van der Waals surface area (Å²) in [6.07, 6.45) is -2.94. The van der Waals surface area contributed by atoms with Gasteiger partial charge < -0.3 is 18.6 Å². The lowest BCUT2D eigenvalue weighted by Crippen LogP contribution is -2.39. The van der Waals surface area contributed by atoms with Crippen LogP contribution in [0.15, 0.2) is 86.1 Å². The molecule has 1 aliphatic heterocycles. The van der Waals surface area contributed by atoms with Crippen LogP contribution in [0.1, 0.15) is 35.6 Å². The number of esters is 1. The summed E-state index contributed by atoms with van der Waals surface area (Å²) in [5, 5.41) is 0. The van der Waals surface area contributed by atoms with Crippen molar-refractivity contribution in [3.63, 3.8) is 0 Å². The summed E-state index contributed by atoms with van der Waals surface area (Å²) in [4.78, 5) is 31.3. The van der Waals surface area contributed by atoms with Crippen molar-refractivity contribution >= 4 is 23.4 Å².